The Bertz CT molecular complexity index is 275. The van der Waals surface area contributed by atoms with Gasteiger partial charge in [0.1, 0.15) is 0 Å². The molecule has 0 bridgehead atoms. The van der Waals surface area contributed by atoms with Crippen LogP contribution in [0.25, 0.3) is 0 Å². The summed E-state index contributed by atoms with van der Waals surface area (Å²) >= 11 is 2.08. The minimum atomic E-state index is 0. The Labute approximate surface area is 160 Å². The molecule has 0 aromatic heterocycles. The second kappa shape index (κ2) is 14.7. The molecule has 0 amide bonds. The molecule has 0 spiro atoms. The predicted octanol–water partition coefficient (Wildman–Crippen LogP) is -8.23. The first-order chi connectivity index (χ1) is 8.50. The van der Waals surface area contributed by atoms with Gasteiger partial charge in [-0.05, 0) is 0 Å². The maximum absolute atomic E-state index is 11.7. The molecule has 1 rings (SSSR count). The standard InChI is InChI=1S/C13H26N3O.3ClH.Ti/c1-12(17)13-6-11-16(3)10-5-9-15(2)8-4-7-14-13;;;;/h13H,4-11H2,1-3H3;3*1H;/q-1;;;;+4/p-3. The summed E-state index contributed by atoms with van der Waals surface area (Å²) in [6.45, 7) is 7.16. The maximum Gasteiger partial charge on any atom is -1.00 e. The van der Waals surface area contributed by atoms with Gasteiger partial charge in [0.15, 0.2) is 0 Å². The van der Waals surface area contributed by atoms with Crippen molar-refractivity contribution in [2.24, 2.45) is 0 Å². The molecular formula is C13H26Cl3N3OTi. The molecular weight excluding hydrogens is 368 g/mol. The molecule has 21 heavy (non-hydrogen) atoms. The third-order valence-electron chi connectivity index (χ3n) is 3.65. The molecule has 1 heterocycles. The summed E-state index contributed by atoms with van der Waals surface area (Å²) in [4.78, 5) is 16.5. The van der Waals surface area contributed by atoms with Gasteiger partial charge in [0.25, 0.3) is 0 Å². The van der Waals surface area contributed by atoms with Gasteiger partial charge in [0.2, 0.25) is 0 Å². The quantitative estimate of drug-likeness (QED) is 0.413. The van der Waals surface area contributed by atoms with Crippen LogP contribution in [0.4, 0.5) is 0 Å². The van der Waals surface area contributed by atoms with E-state index < -0.39 is 0 Å². The van der Waals surface area contributed by atoms with E-state index in [9.17, 15) is 4.79 Å². The zero-order valence-corrected chi connectivity index (χ0v) is 16.9. The van der Waals surface area contributed by atoms with E-state index in [0.29, 0.717) is 5.78 Å². The topological polar surface area (TPSA) is 26.8 Å². The van der Waals surface area contributed by atoms with Crippen LogP contribution in [0.1, 0.15) is 26.2 Å². The summed E-state index contributed by atoms with van der Waals surface area (Å²) in [5, 5.41) is 0. The van der Waals surface area contributed by atoms with E-state index in [1.165, 1.54) is 13.0 Å². The molecule has 0 saturated carbocycles. The summed E-state index contributed by atoms with van der Waals surface area (Å²) in [5.41, 5.74) is 0. The van der Waals surface area contributed by atoms with Crippen LogP contribution in [-0.4, -0.2) is 71.8 Å². The Morgan fingerprint density at radius 3 is 1.81 bits per heavy atom. The number of hydrogen-bond acceptors (Lipinski definition) is 4. The number of hydrogen-bond donors (Lipinski definition) is 0. The smallest absolute Gasteiger partial charge is 1.00 e. The number of carbonyl (C=O) groups excluding carboxylic acids is 1. The number of nitrogens with zero attached hydrogens (tertiary/aromatic N) is 3. The van der Waals surface area contributed by atoms with Crippen molar-refractivity contribution in [2.75, 3.05) is 46.8 Å². The van der Waals surface area contributed by atoms with Crippen molar-refractivity contribution in [2.45, 2.75) is 32.2 Å². The largest absolute Gasteiger partial charge is 1.00 e. The summed E-state index contributed by atoms with van der Waals surface area (Å²) in [7, 11) is 4.34. The Morgan fingerprint density at radius 2 is 1.33 bits per heavy atom. The SMILES string of the molecule is CC(=O)C1CCN(C)CCCN(C)CCC[N]1[Ti+3].[Cl-].[Cl-].[Cl-]. The van der Waals surface area contributed by atoms with Gasteiger partial charge < -0.3 is 37.2 Å². The molecule has 1 aliphatic heterocycles. The molecule has 124 valence electrons. The van der Waals surface area contributed by atoms with E-state index in [-0.39, 0.29) is 43.3 Å². The predicted molar refractivity (Wildman–Crippen MR) is 70.0 cm³/mol. The molecule has 8 heteroatoms. The third kappa shape index (κ3) is 11.3. The van der Waals surface area contributed by atoms with Crippen LogP contribution in [0.5, 0.6) is 0 Å². The number of Topliss-reactive ketones (excluding diaryl/α,β-unsaturated/α-hetero) is 1. The summed E-state index contributed by atoms with van der Waals surface area (Å²) < 4.78 is 2.23. The summed E-state index contributed by atoms with van der Waals surface area (Å²) in [5.74, 6) is 0.302. The Balaban J connectivity index is -0.00000108. The van der Waals surface area contributed by atoms with E-state index in [1.54, 1.807) is 6.92 Å². The van der Waals surface area contributed by atoms with E-state index in [0.717, 1.165) is 39.0 Å². The van der Waals surface area contributed by atoms with E-state index in [1.807, 2.05) is 0 Å². The van der Waals surface area contributed by atoms with Crippen LogP contribution >= 0.6 is 0 Å². The average Bonchev–Trinajstić information content (AvgIpc) is 2.27. The van der Waals surface area contributed by atoms with Crippen molar-refractivity contribution in [1.29, 1.82) is 0 Å². The van der Waals surface area contributed by atoms with Crippen LogP contribution in [0.2, 0.25) is 0 Å². The van der Waals surface area contributed by atoms with E-state index in [4.69, 9.17) is 0 Å². The fourth-order valence-electron chi connectivity index (χ4n) is 2.42. The molecule has 1 saturated heterocycles. The number of halogens is 3. The molecule has 1 unspecified atom stereocenters. The maximum atomic E-state index is 11.7. The minimum absolute atomic E-state index is 0. The number of rotatable bonds is 1. The first kappa shape index (κ1) is 27.0. The Kier molecular flexibility index (Phi) is 18.9. The van der Waals surface area contributed by atoms with Crippen molar-refractivity contribution in [3.63, 3.8) is 0 Å². The fraction of sp³-hybridized carbons (Fsp3) is 0.923. The molecule has 4 nitrogen and oxygen atoms in total. The molecule has 0 aromatic rings. The van der Waals surface area contributed by atoms with Gasteiger partial charge in [-0.1, -0.05) is 0 Å². The molecule has 1 atom stereocenters. The van der Waals surface area contributed by atoms with Gasteiger partial charge in [0.05, 0.1) is 0 Å². The zero-order chi connectivity index (χ0) is 13.5. The monoisotopic (exact) mass is 393 g/mol. The molecule has 0 aliphatic carbocycles. The number of carbonyl (C=O) groups is 1. The van der Waals surface area contributed by atoms with Crippen LogP contribution in [0, 0.1) is 0 Å². The Morgan fingerprint density at radius 1 is 0.905 bits per heavy atom. The fourth-order valence-corrected chi connectivity index (χ4v) is 3.15. The second-order valence-electron chi connectivity index (χ2n) is 5.42. The second-order valence-corrected chi connectivity index (χ2v) is 6.32. The van der Waals surface area contributed by atoms with Gasteiger partial charge in [-0.2, -0.15) is 0 Å². The molecule has 0 N–H and O–H groups in total. The molecule has 1 fully saturated rings. The molecule has 0 aromatic carbocycles. The molecule has 0 radical (unpaired) electrons. The van der Waals surface area contributed by atoms with Crippen molar-refractivity contribution >= 4 is 5.78 Å². The van der Waals surface area contributed by atoms with Crippen molar-refractivity contribution in [3.05, 3.63) is 0 Å². The van der Waals surface area contributed by atoms with Gasteiger partial charge in [-0.3, -0.25) is 0 Å². The van der Waals surface area contributed by atoms with E-state index >= 15 is 0 Å². The van der Waals surface area contributed by atoms with Gasteiger partial charge in [-0.25, -0.2) is 0 Å². The van der Waals surface area contributed by atoms with Crippen molar-refractivity contribution < 1.29 is 62.7 Å². The first-order valence-electron chi connectivity index (χ1n) is 6.86. The van der Waals surface area contributed by atoms with Crippen molar-refractivity contribution in [1.82, 2.24) is 13.2 Å². The zero-order valence-electron chi connectivity index (χ0n) is 13.1. The van der Waals surface area contributed by atoms with Gasteiger partial charge in [-0.15, -0.1) is 0 Å². The van der Waals surface area contributed by atoms with Gasteiger partial charge in [0, 0.05) is 0 Å². The molecule has 1 aliphatic rings. The Hall–Kier alpha value is 1.13. The average molecular weight is 395 g/mol. The van der Waals surface area contributed by atoms with Gasteiger partial charge >= 0.3 is 123 Å². The summed E-state index contributed by atoms with van der Waals surface area (Å²) in [6.07, 6.45) is 3.32. The normalized spacial score (nSPS) is 23.6. The summed E-state index contributed by atoms with van der Waals surface area (Å²) in [6, 6.07) is 0.0946. The van der Waals surface area contributed by atoms with Crippen molar-refractivity contribution in [3.8, 4) is 0 Å². The van der Waals surface area contributed by atoms with Crippen LogP contribution < -0.4 is 37.2 Å². The van der Waals surface area contributed by atoms with E-state index in [2.05, 4.69) is 48.0 Å². The van der Waals surface area contributed by atoms with Crippen LogP contribution in [0.3, 0.4) is 0 Å². The first-order valence-corrected chi connectivity index (χ1v) is 7.56. The van der Waals surface area contributed by atoms with Crippen LogP contribution in [0.15, 0.2) is 0 Å². The van der Waals surface area contributed by atoms with Crippen LogP contribution in [-0.2, 0) is 25.5 Å². The minimum Gasteiger partial charge on any atom is -1.00 e. The third-order valence-corrected chi connectivity index (χ3v) is 4.48. The number of ketones is 1.